The number of benzene rings is 2. The zero-order chi connectivity index (χ0) is 22.1. The van der Waals surface area contributed by atoms with Gasteiger partial charge in [0, 0.05) is 4.88 Å². The first-order valence-electron chi connectivity index (χ1n) is 8.25. The van der Waals surface area contributed by atoms with Gasteiger partial charge in [-0.25, -0.2) is 4.79 Å². The van der Waals surface area contributed by atoms with Crippen LogP contribution in [0.15, 0.2) is 54.6 Å². The minimum atomic E-state index is -4.83. The van der Waals surface area contributed by atoms with E-state index >= 15 is 0 Å². The van der Waals surface area contributed by atoms with Crippen LogP contribution in [0.25, 0.3) is 10.4 Å². The Bertz CT molecular complexity index is 1100. The van der Waals surface area contributed by atoms with E-state index in [9.17, 15) is 31.8 Å². The quantitative estimate of drug-likeness (QED) is 0.512. The number of nitrogens with zero attached hydrogens (tertiary/aromatic N) is 1. The van der Waals surface area contributed by atoms with Crippen LogP contribution in [0.5, 0.6) is 5.75 Å². The number of halogens is 3. The second-order valence-electron chi connectivity index (χ2n) is 6.00. The fraction of sp³-hybridized carbons (Fsp3) is 0.105. The molecule has 3 aromatic rings. The van der Waals surface area contributed by atoms with Crippen LogP contribution in [-0.4, -0.2) is 26.2 Å². The van der Waals surface area contributed by atoms with Gasteiger partial charge in [-0.15, -0.1) is 24.5 Å². The molecule has 1 unspecified atom stereocenters. The third kappa shape index (κ3) is 4.81. The van der Waals surface area contributed by atoms with Crippen LogP contribution in [-0.2, 0) is 11.3 Å². The summed E-state index contributed by atoms with van der Waals surface area (Å²) in [5, 5.41) is 9.58. The molecule has 0 bridgehead atoms. The smallest absolute Gasteiger partial charge is 0.573 e. The number of ether oxygens (including phenoxy) is 1. The summed E-state index contributed by atoms with van der Waals surface area (Å²) >= 11 is -2.01. The molecule has 11 heteroatoms. The van der Waals surface area contributed by atoms with Gasteiger partial charge in [-0.05, 0) is 54.4 Å². The lowest BCUT2D eigenvalue weighted by atomic mass is 10.1. The van der Waals surface area contributed by atoms with Crippen molar-refractivity contribution >= 4 is 39.9 Å². The summed E-state index contributed by atoms with van der Waals surface area (Å²) in [7, 11) is 0. The number of carboxylic acids is 1. The molecule has 6 nitrogen and oxygen atoms in total. The van der Waals surface area contributed by atoms with Crippen molar-refractivity contribution in [3.05, 3.63) is 65.0 Å². The summed E-state index contributed by atoms with van der Waals surface area (Å²) in [6.45, 7) is 1.68. The maximum absolute atomic E-state index is 12.3. The second-order valence-corrected chi connectivity index (χ2v) is 7.85. The Morgan fingerprint density at radius 2 is 1.77 bits per heavy atom. The molecule has 1 heterocycles. The Hall–Kier alpha value is -2.89. The Balaban J connectivity index is 2.06. The molecule has 30 heavy (non-hydrogen) atoms. The average molecular weight is 456 g/mol. The van der Waals surface area contributed by atoms with Gasteiger partial charge in [0.25, 0.3) is 0 Å². The third-order valence-corrected chi connectivity index (χ3v) is 5.83. The van der Waals surface area contributed by atoms with Crippen molar-refractivity contribution in [3.63, 3.8) is 0 Å². The fourth-order valence-electron chi connectivity index (χ4n) is 2.73. The first kappa shape index (κ1) is 21.8. The van der Waals surface area contributed by atoms with Crippen LogP contribution in [0.4, 0.5) is 24.5 Å². The van der Waals surface area contributed by atoms with E-state index in [1.54, 1.807) is 25.1 Å². The Morgan fingerprint density at radius 1 is 1.13 bits per heavy atom. The highest BCUT2D eigenvalue weighted by atomic mass is 32.2. The van der Waals surface area contributed by atoms with Crippen LogP contribution >= 0.6 is 11.3 Å². The largest absolute Gasteiger partial charge is 0.755 e. The summed E-state index contributed by atoms with van der Waals surface area (Å²) in [6, 6.07) is 12.8. The molecule has 0 saturated heterocycles. The van der Waals surface area contributed by atoms with Gasteiger partial charge in [-0.2, -0.15) is 0 Å². The molecule has 0 aliphatic heterocycles. The highest BCUT2D eigenvalue weighted by Gasteiger charge is 2.31. The number of aromatic carboxylic acids is 1. The summed E-state index contributed by atoms with van der Waals surface area (Å²) in [6.07, 6.45) is -4.83. The number of carbonyl (C=O) groups is 1. The normalized spacial score (nSPS) is 12.4. The Morgan fingerprint density at radius 3 is 2.30 bits per heavy atom. The zero-order valence-corrected chi connectivity index (χ0v) is 16.8. The number of anilines is 2. The minimum Gasteiger partial charge on any atom is -0.755 e. The standard InChI is InChI=1S/C19H14F3NO5S2/c1-11-4-2-3-5-14(11)23(30(26)27)15-10-16(29-17(15)18(24)25)12-6-8-13(9-7-12)28-19(20,21)22/h2-10H,1H3,(H,24,25)(H,26,27)/p-1. The summed E-state index contributed by atoms with van der Waals surface area (Å²) in [5.74, 6) is -1.76. The van der Waals surface area contributed by atoms with E-state index in [0.29, 0.717) is 16.0 Å². The number of rotatable bonds is 6. The highest BCUT2D eigenvalue weighted by molar-refractivity contribution is 7.81. The van der Waals surface area contributed by atoms with Crippen LogP contribution < -0.4 is 9.04 Å². The SMILES string of the molecule is Cc1ccccc1N(c1cc(-c2ccc(OC(F)(F)F)cc2)sc1C(=O)O)S(=O)[O-]. The topological polar surface area (TPSA) is 89.9 Å². The molecule has 0 saturated carbocycles. The fourth-order valence-corrected chi connectivity index (χ4v) is 4.44. The lowest BCUT2D eigenvalue weighted by molar-refractivity contribution is -0.274. The highest BCUT2D eigenvalue weighted by Crippen LogP contribution is 2.41. The van der Waals surface area contributed by atoms with Crippen LogP contribution in [0.3, 0.4) is 0 Å². The molecule has 0 aliphatic rings. The van der Waals surface area contributed by atoms with Gasteiger partial charge >= 0.3 is 12.3 Å². The molecule has 2 aromatic carbocycles. The van der Waals surface area contributed by atoms with Crippen LogP contribution in [0.2, 0.25) is 0 Å². The van der Waals surface area contributed by atoms with Crippen molar-refractivity contribution in [1.82, 2.24) is 0 Å². The molecule has 0 amide bonds. The van der Waals surface area contributed by atoms with Gasteiger partial charge in [0.2, 0.25) is 0 Å². The van der Waals surface area contributed by atoms with Crippen molar-refractivity contribution in [3.8, 4) is 16.2 Å². The van der Waals surface area contributed by atoms with Crippen molar-refractivity contribution in [2.45, 2.75) is 13.3 Å². The van der Waals surface area contributed by atoms with E-state index in [1.807, 2.05) is 0 Å². The van der Waals surface area contributed by atoms with Gasteiger partial charge in [-0.3, -0.25) is 8.51 Å². The summed E-state index contributed by atoms with van der Waals surface area (Å²) in [5.41, 5.74) is 1.23. The molecule has 1 N–H and O–H groups in total. The number of alkyl halides is 3. The molecule has 0 spiro atoms. The molecule has 0 fully saturated rings. The molecule has 0 aliphatic carbocycles. The Kier molecular flexibility index (Phi) is 6.15. The third-order valence-electron chi connectivity index (χ3n) is 3.98. The zero-order valence-electron chi connectivity index (χ0n) is 15.2. The summed E-state index contributed by atoms with van der Waals surface area (Å²) < 4.78 is 65.6. The number of hydrogen-bond acceptors (Lipinski definition) is 5. The first-order valence-corrected chi connectivity index (χ1v) is 10.1. The lowest BCUT2D eigenvalue weighted by Gasteiger charge is -2.27. The molecule has 0 radical (unpaired) electrons. The number of aryl methyl sites for hydroxylation is 1. The Labute approximate surface area is 175 Å². The van der Waals surface area contributed by atoms with Crippen LogP contribution in [0.1, 0.15) is 15.2 Å². The molecule has 158 valence electrons. The van der Waals surface area contributed by atoms with Crippen molar-refractivity contribution in [1.29, 1.82) is 0 Å². The van der Waals surface area contributed by atoms with E-state index in [0.717, 1.165) is 27.8 Å². The van der Waals surface area contributed by atoms with Crippen molar-refractivity contribution in [2.75, 3.05) is 4.31 Å². The minimum absolute atomic E-state index is 0.0687. The maximum atomic E-state index is 12.3. The average Bonchev–Trinajstić information content (AvgIpc) is 3.08. The lowest BCUT2D eigenvalue weighted by Crippen LogP contribution is -2.21. The molecular formula is C19H13F3NO5S2-. The van der Waals surface area contributed by atoms with E-state index in [1.165, 1.54) is 24.3 Å². The van der Waals surface area contributed by atoms with Gasteiger partial charge in [-0.1, -0.05) is 18.2 Å². The number of hydrogen-bond donors (Lipinski definition) is 1. The van der Waals surface area contributed by atoms with E-state index in [4.69, 9.17) is 0 Å². The number of para-hydroxylation sites is 1. The monoisotopic (exact) mass is 456 g/mol. The van der Waals surface area contributed by atoms with E-state index < -0.39 is 29.3 Å². The predicted octanol–water partition coefficient (Wildman–Crippen LogP) is 5.25. The van der Waals surface area contributed by atoms with E-state index in [2.05, 4.69) is 4.74 Å². The van der Waals surface area contributed by atoms with Gasteiger partial charge in [0.15, 0.2) is 0 Å². The molecule has 1 aromatic heterocycles. The van der Waals surface area contributed by atoms with Gasteiger partial charge < -0.3 is 14.4 Å². The molecule has 1 atom stereocenters. The number of carboxylic acid groups (broad SMARTS) is 1. The molecular weight excluding hydrogens is 443 g/mol. The van der Waals surface area contributed by atoms with Crippen molar-refractivity contribution < 1.29 is 36.6 Å². The van der Waals surface area contributed by atoms with Crippen molar-refractivity contribution in [2.24, 2.45) is 0 Å². The van der Waals surface area contributed by atoms with Gasteiger partial charge in [0.1, 0.15) is 10.6 Å². The second kappa shape index (κ2) is 8.46. The number of thiophene rings is 1. The van der Waals surface area contributed by atoms with Crippen LogP contribution in [0, 0.1) is 6.92 Å². The van der Waals surface area contributed by atoms with Gasteiger partial charge in [0.05, 0.1) is 22.6 Å². The van der Waals surface area contributed by atoms with E-state index in [-0.39, 0.29) is 16.3 Å². The molecule has 3 rings (SSSR count). The first-order chi connectivity index (χ1) is 14.1. The summed E-state index contributed by atoms with van der Waals surface area (Å²) in [4.78, 5) is 11.9. The predicted molar refractivity (Wildman–Crippen MR) is 106 cm³/mol. The maximum Gasteiger partial charge on any atom is 0.573 e.